The molecule has 3 aromatic rings. The van der Waals surface area contributed by atoms with E-state index in [4.69, 9.17) is 0 Å². The molecule has 0 unspecified atom stereocenters. The molecule has 0 N–H and O–H groups in total. The summed E-state index contributed by atoms with van der Waals surface area (Å²) in [6.45, 7) is 4.41. The van der Waals surface area contributed by atoms with Crippen molar-refractivity contribution in [1.82, 2.24) is 20.2 Å². The number of benzene rings is 2. The number of amides is 1. The number of tetrazole rings is 1. The smallest absolute Gasteiger partial charge is 0.250 e. The van der Waals surface area contributed by atoms with Gasteiger partial charge in [-0.3, -0.25) is 4.79 Å². The van der Waals surface area contributed by atoms with Crippen molar-refractivity contribution in [3.63, 3.8) is 0 Å². The summed E-state index contributed by atoms with van der Waals surface area (Å²) in [4.78, 5) is 17.3. The number of fused-ring (bicyclic) bond motifs is 1. The highest BCUT2D eigenvalue weighted by Crippen LogP contribution is 2.31. The van der Waals surface area contributed by atoms with Gasteiger partial charge in [0, 0.05) is 31.2 Å². The summed E-state index contributed by atoms with van der Waals surface area (Å²) in [5.41, 5.74) is 4.51. The van der Waals surface area contributed by atoms with E-state index < -0.39 is 0 Å². The molecule has 2 aliphatic heterocycles. The molecule has 0 atom stereocenters. The normalized spacial score (nSPS) is 16.9. The Labute approximate surface area is 169 Å². The van der Waals surface area contributed by atoms with Crippen molar-refractivity contribution < 1.29 is 4.79 Å². The molecule has 7 nitrogen and oxygen atoms in total. The van der Waals surface area contributed by atoms with Gasteiger partial charge in [-0.2, -0.15) is 4.68 Å². The number of carbonyl (C=O) groups excluding carboxylic acids is 1. The van der Waals surface area contributed by atoms with Crippen molar-refractivity contribution in [3.05, 3.63) is 59.7 Å². The largest absolute Gasteiger partial charge is 0.339 e. The molecule has 0 radical (unpaired) electrons. The van der Waals surface area contributed by atoms with E-state index in [-0.39, 0.29) is 11.8 Å². The third kappa shape index (κ3) is 3.26. The molecule has 29 heavy (non-hydrogen) atoms. The molecule has 7 heteroatoms. The van der Waals surface area contributed by atoms with Crippen LogP contribution in [0.1, 0.15) is 24.0 Å². The zero-order valence-electron chi connectivity index (χ0n) is 16.5. The number of piperidine rings is 1. The van der Waals surface area contributed by atoms with Crippen LogP contribution in [0.25, 0.3) is 5.69 Å². The van der Waals surface area contributed by atoms with Crippen molar-refractivity contribution in [3.8, 4) is 5.69 Å². The summed E-state index contributed by atoms with van der Waals surface area (Å²) < 4.78 is 1.78. The molecule has 1 saturated heterocycles. The highest BCUT2D eigenvalue weighted by molar-refractivity contribution is 5.97. The van der Waals surface area contributed by atoms with E-state index in [1.54, 1.807) is 4.68 Å². The molecule has 3 heterocycles. The predicted molar refractivity (Wildman–Crippen MR) is 111 cm³/mol. The van der Waals surface area contributed by atoms with E-state index in [1.165, 1.54) is 11.1 Å². The zero-order chi connectivity index (χ0) is 19.8. The number of carbonyl (C=O) groups is 1. The molecule has 0 aliphatic carbocycles. The van der Waals surface area contributed by atoms with Gasteiger partial charge in [0.25, 0.3) is 0 Å². The van der Waals surface area contributed by atoms with Gasteiger partial charge in [0.15, 0.2) is 0 Å². The van der Waals surface area contributed by atoms with E-state index in [0.29, 0.717) is 0 Å². The lowest BCUT2D eigenvalue weighted by atomic mass is 9.95. The van der Waals surface area contributed by atoms with Crippen molar-refractivity contribution in [2.45, 2.75) is 26.2 Å². The Kier molecular flexibility index (Phi) is 4.50. The highest BCUT2D eigenvalue weighted by atomic mass is 16.2. The summed E-state index contributed by atoms with van der Waals surface area (Å²) in [6, 6.07) is 16.4. The molecule has 0 spiro atoms. The third-order valence-electron chi connectivity index (χ3n) is 6.01. The van der Waals surface area contributed by atoms with Crippen LogP contribution in [0.15, 0.2) is 48.5 Å². The topological polar surface area (TPSA) is 67.2 Å². The highest BCUT2D eigenvalue weighted by Gasteiger charge is 2.33. The lowest BCUT2D eigenvalue weighted by molar-refractivity contribution is -0.122. The molecule has 0 bridgehead atoms. The number of hydrogen-bond acceptors (Lipinski definition) is 5. The average Bonchev–Trinajstić information content (AvgIpc) is 3.41. The average molecular weight is 388 g/mol. The van der Waals surface area contributed by atoms with Crippen molar-refractivity contribution in [1.29, 1.82) is 0 Å². The van der Waals surface area contributed by atoms with Crippen LogP contribution in [0.4, 0.5) is 11.6 Å². The minimum atomic E-state index is 0.0566. The van der Waals surface area contributed by atoms with Gasteiger partial charge < -0.3 is 9.80 Å². The van der Waals surface area contributed by atoms with Crippen LogP contribution < -0.4 is 9.80 Å². The summed E-state index contributed by atoms with van der Waals surface area (Å²) in [5, 5.41) is 12.3. The van der Waals surface area contributed by atoms with E-state index >= 15 is 0 Å². The SMILES string of the molecule is Cc1ccc(-n2nnnc2N2CCC(C(=O)N3CCc4ccccc43)CC2)cc1. The Hall–Kier alpha value is -3.22. The first-order valence-corrected chi connectivity index (χ1v) is 10.2. The van der Waals surface area contributed by atoms with Crippen LogP contribution in [0, 0.1) is 12.8 Å². The van der Waals surface area contributed by atoms with E-state index in [0.717, 1.165) is 56.2 Å². The number of rotatable bonds is 3. The van der Waals surface area contributed by atoms with E-state index in [9.17, 15) is 4.79 Å². The number of aryl methyl sites for hydroxylation is 1. The first-order chi connectivity index (χ1) is 14.2. The second kappa shape index (κ2) is 7.31. The van der Waals surface area contributed by atoms with Crippen molar-refractivity contribution >= 4 is 17.5 Å². The molecule has 1 fully saturated rings. The second-order valence-electron chi connectivity index (χ2n) is 7.86. The lowest BCUT2D eigenvalue weighted by Crippen LogP contribution is -2.43. The lowest BCUT2D eigenvalue weighted by Gasteiger charge is -2.33. The fourth-order valence-electron chi connectivity index (χ4n) is 4.35. The monoisotopic (exact) mass is 388 g/mol. The van der Waals surface area contributed by atoms with Crippen molar-refractivity contribution in [2.75, 3.05) is 29.4 Å². The molecular weight excluding hydrogens is 364 g/mol. The van der Waals surface area contributed by atoms with Gasteiger partial charge in [-0.05, 0) is 60.4 Å². The number of nitrogens with zero attached hydrogens (tertiary/aromatic N) is 6. The maximum absolute atomic E-state index is 13.1. The molecule has 2 aromatic carbocycles. The van der Waals surface area contributed by atoms with Crippen molar-refractivity contribution in [2.24, 2.45) is 5.92 Å². The first-order valence-electron chi connectivity index (χ1n) is 10.2. The van der Waals surface area contributed by atoms with Crippen LogP contribution in [0.3, 0.4) is 0 Å². The quantitative estimate of drug-likeness (QED) is 0.690. The predicted octanol–water partition coefficient (Wildman–Crippen LogP) is 2.78. The molecule has 2 aliphatic rings. The van der Waals surface area contributed by atoms with Gasteiger partial charge in [0.1, 0.15) is 0 Å². The minimum absolute atomic E-state index is 0.0566. The Balaban J connectivity index is 1.28. The molecule has 1 aromatic heterocycles. The van der Waals surface area contributed by atoms with Crippen LogP contribution in [0.5, 0.6) is 0 Å². The zero-order valence-corrected chi connectivity index (χ0v) is 16.5. The fourth-order valence-corrected chi connectivity index (χ4v) is 4.35. The molecule has 1 amide bonds. The van der Waals surface area contributed by atoms with Gasteiger partial charge in [-0.15, -0.1) is 0 Å². The summed E-state index contributed by atoms with van der Waals surface area (Å²) in [6.07, 6.45) is 2.59. The Morgan fingerprint density at radius 2 is 1.76 bits per heavy atom. The van der Waals surface area contributed by atoms with Gasteiger partial charge in [0.2, 0.25) is 11.9 Å². The molecule has 148 valence electrons. The van der Waals surface area contributed by atoms with E-state index in [1.807, 2.05) is 29.2 Å². The number of hydrogen-bond donors (Lipinski definition) is 0. The standard InChI is InChI=1S/C22H24N6O/c1-16-6-8-19(9-7-16)28-22(23-24-25-28)26-13-10-18(11-14-26)21(29)27-15-12-17-4-2-3-5-20(17)27/h2-9,18H,10-15H2,1H3. The summed E-state index contributed by atoms with van der Waals surface area (Å²) >= 11 is 0. The third-order valence-corrected chi connectivity index (χ3v) is 6.01. The fraction of sp³-hybridized carbons (Fsp3) is 0.364. The Morgan fingerprint density at radius 1 is 1.00 bits per heavy atom. The molecular formula is C22H24N6O. The van der Waals surface area contributed by atoms with Crippen LogP contribution in [-0.2, 0) is 11.2 Å². The first kappa shape index (κ1) is 17.8. The maximum Gasteiger partial charge on any atom is 0.250 e. The maximum atomic E-state index is 13.1. The number of anilines is 2. The van der Waals surface area contributed by atoms with Crippen LogP contribution in [-0.4, -0.2) is 45.7 Å². The summed E-state index contributed by atoms with van der Waals surface area (Å²) in [5.74, 6) is 1.06. The summed E-state index contributed by atoms with van der Waals surface area (Å²) in [7, 11) is 0. The second-order valence-corrected chi connectivity index (χ2v) is 7.86. The number of para-hydroxylation sites is 1. The van der Waals surface area contributed by atoms with Crippen LogP contribution >= 0.6 is 0 Å². The number of aromatic nitrogens is 4. The molecule has 0 saturated carbocycles. The van der Waals surface area contributed by atoms with Gasteiger partial charge in [0.05, 0.1) is 5.69 Å². The minimum Gasteiger partial charge on any atom is -0.339 e. The Morgan fingerprint density at radius 3 is 2.55 bits per heavy atom. The molecule has 5 rings (SSSR count). The Bertz CT molecular complexity index is 1020. The van der Waals surface area contributed by atoms with Gasteiger partial charge in [-0.1, -0.05) is 41.0 Å². The van der Waals surface area contributed by atoms with E-state index in [2.05, 4.69) is 51.6 Å². The van der Waals surface area contributed by atoms with Crippen LogP contribution in [0.2, 0.25) is 0 Å². The van der Waals surface area contributed by atoms with Gasteiger partial charge in [-0.25, -0.2) is 0 Å². The van der Waals surface area contributed by atoms with Gasteiger partial charge >= 0.3 is 0 Å².